The van der Waals surface area contributed by atoms with Crippen molar-refractivity contribution in [3.05, 3.63) is 29.8 Å². The summed E-state index contributed by atoms with van der Waals surface area (Å²) < 4.78 is 5.15. The Kier molecular flexibility index (Phi) is 7.29. The predicted molar refractivity (Wildman–Crippen MR) is 96.8 cm³/mol. The second-order valence-corrected chi connectivity index (χ2v) is 6.99. The van der Waals surface area contributed by atoms with Gasteiger partial charge in [0.2, 0.25) is 5.91 Å². The van der Waals surface area contributed by atoms with Gasteiger partial charge >= 0.3 is 5.97 Å². The third-order valence-corrected chi connectivity index (χ3v) is 5.11. The highest BCUT2D eigenvalue weighted by atomic mass is 16.5. The van der Waals surface area contributed by atoms with E-state index >= 15 is 0 Å². The van der Waals surface area contributed by atoms with Crippen LogP contribution in [0.25, 0.3) is 0 Å². The summed E-state index contributed by atoms with van der Waals surface area (Å²) in [6, 6.07) is 7.45. The van der Waals surface area contributed by atoms with Crippen LogP contribution in [0.5, 0.6) is 5.75 Å². The van der Waals surface area contributed by atoms with Gasteiger partial charge in [-0.25, -0.2) is 0 Å². The quantitative estimate of drug-likeness (QED) is 0.822. The molecular formula is C20H29NO4. The van der Waals surface area contributed by atoms with Crippen molar-refractivity contribution in [2.75, 3.05) is 7.11 Å². The van der Waals surface area contributed by atoms with Crippen LogP contribution in [0, 0.1) is 5.92 Å². The molecule has 0 aliphatic heterocycles. The molecule has 0 saturated heterocycles. The van der Waals surface area contributed by atoms with Crippen LogP contribution in [0.4, 0.5) is 0 Å². The van der Waals surface area contributed by atoms with Gasteiger partial charge in [-0.2, -0.15) is 0 Å². The van der Waals surface area contributed by atoms with Gasteiger partial charge in [0.25, 0.3) is 0 Å². The lowest BCUT2D eigenvalue weighted by Crippen LogP contribution is -2.44. The fourth-order valence-electron chi connectivity index (χ4n) is 3.55. The topological polar surface area (TPSA) is 75.6 Å². The largest absolute Gasteiger partial charge is 0.497 e. The molecule has 1 saturated carbocycles. The number of carbonyl (C=O) groups excluding carboxylic acids is 1. The summed E-state index contributed by atoms with van der Waals surface area (Å²) in [6.45, 7) is 2.01. The molecule has 5 nitrogen and oxygen atoms in total. The number of amides is 1. The third-order valence-electron chi connectivity index (χ3n) is 5.11. The molecule has 0 spiro atoms. The van der Waals surface area contributed by atoms with E-state index in [4.69, 9.17) is 4.74 Å². The zero-order valence-electron chi connectivity index (χ0n) is 15.2. The van der Waals surface area contributed by atoms with E-state index in [1.165, 1.54) is 0 Å². The Bertz CT molecular complexity index is 570. The van der Waals surface area contributed by atoms with Crippen LogP contribution in [-0.4, -0.2) is 30.1 Å². The van der Waals surface area contributed by atoms with E-state index in [0.29, 0.717) is 12.8 Å². The molecule has 1 aromatic rings. The Morgan fingerprint density at radius 1 is 1.16 bits per heavy atom. The average molecular weight is 347 g/mol. The molecule has 5 heteroatoms. The first-order valence-electron chi connectivity index (χ1n) is 9.17. The second kappa shape index (κ2) is 9.44. The maximum absolute atomic E-state index is 12.5. The second-order valence-electron chi connectivity index (χ2n) is 6.99. The number of methoxy groups -OCH3 is 1. The van der Waals surface area contributed by atoms with Gasteiger partial charge in [-0.1, -0.05) is 44.7 Å². The predicted octanol–water partition coefficient (Wildman–Crippen LogP) is 3.73. The summed E-state index contributed by atoms with van der Waals surface area (Å²) in [5.41, 5.74) is 1.07. The molecule has 1 aliphatic rings. The summed E-state index contributed by atoms with van der Waals surface area (Å²) in [5, 5.41) is 12.5. The minimum atomic E-state index is -0.796. The van der Waals surface area contributed by atoms with Crippen molar-refractivity contribution in [1.82, 2.24) is 5.32 Å². The smallest absolute Gasteiger partial charge is 0.308 e. The normalized spacial score (nSPS) is 22.3. The first kappa shape index (κ1) is 19.3. The summed E-state index contributed by atoms with van der Waals surface area (Å²) in [4.78, 5) is 24.0. The lowest BCUT2D eigenvalue weighted by atomic mass is 9.86. The van der Waals surface area contributed by atoms with Gasteiger partial charge in [-0.15, -0.1) is 0 Å². The molecule has 1 fully saturated rings. The number of hydrogen-bond acceptors (Lipinski definition) is 3. The van der Waals surface area contributed by atoms with Crippen molar-refractivity contribution in [1.29, 1.82) is 0 Å². The van der Waals surface area contributed by atoms with E-state index in [2.05, 4.69) is 5.32 Å². The van der Waals surface area contributed by atoms with Gasteiger partial charge in [-0.05, 0) is 36.5 Å². The molecule has 138 valence electrons. The number of aliphatic carboxylic acids is 1. The van der Waals surface area contributed by atoms with Gasteiger partial charge in [0, 0.05) is 12.5 Å². The van der Waals surface area contributed by atoms with E-state index in [1.54, 1.807) is 7.11 Å². The van der Waals surface area contributed by atoms with Crippen LogP contribution in [-0.2, 0) is 9.59 Å². The van der Waals surface area contributed by atoms with E-state index in [0.717, 1.165) is 43.4 Å². The van der Waals surface area contributed by atoms with E-state index in [1.807, 2.05) is 31.2 Å². The van der Waals surface area contributed by atoms with Crippen molar-refractivity contribution in [2.24, 2.45) is 5.92 Å². The summed E-state index contributed by atoms with van der Waals surface area (Å²) in [6.07, 6.45) is 5.84. The van der Waals surface area contributed by atoms with E-state index in [-0.39, 0.29) is 17.9 Å². The Hall–Kier alpha value is -2.04. The number of nitrogens with one attached hydrogen (secondary N) is 1. The number of carbonyl (C=O) groups is 2. The molecule has 0 aromatic heterocycles. The van der Waals surface area contributed by atoms with Gasteiger partial charge in [-0.3, -0.25) is 9.59 Å². The fourth-order valence-corrected chi connectivity index (χ4v) is 3.55. The van der Waals surface area contributed by atoms with Crippen molar-refractivity contribution >= 4 is 11.9 Å². The first-order chi connectivity index (χ1) is 12.0. The number of hydrogen-bond donors (Lipinski definition) is 2. The van der Waals surface area contributed by atoms with E-state index in [9.17, 15) is 14.7 Å². The zero-order valence-corrected chi connectivity index (χ0v) is 15.2. The van der Waals surface area contributed by atoms with Crippen molar-refractivity contribution < 1.29 is 19.4 Å². The molecule has 0 radical (unpaired) electrons. The van der Waals surface area contributed by atoms with E-state index < -0.39 is 11.9 Å². The molecule has 0 bridgehead atoms. The highest BCUT2D eigenvalue weighted by molar-refractivity contribution is 5.78. The molecule has 25 heavy (non-hydrogen) atoms. The third kappa shape index (κ3) is 5.76. The molecule has 1 aliphatic carbocycles. The first-order valence-corrected chi connectivity index (χ1v) is 9.17. The molecule has 2 N–H and O–H groups in total. The standard InChI is InChI=1S/C20H29NO4/c1-14(15-9-11-16(25-2)12-10-15)13-19(22)21-18-8-6-4-3-5-7-17(18)20(23)24/h9-12,14,17-18H,3-8,13H2,1-2H3,(H,21,22)(H,23,24). The minimum Gasteiger partial charge on any atom is -0.497 e. The maximum Gasteiger partial charge on any atom is 0.308 e. The lowest BCUT2D eigenvalue weighted by Gasteiger charge is -2.27. The SMILES string of the molecule is COc1ccc(C(C)CC(=O)NC2CCCCCCC2C(=O)O)cc1. The van der Waals surface area contributed by atoms with Crippen molar-refractivity contribution in [3.63, 3.8) is 0 Å². The molecule has 3 unspecified atom stereocenters. The number of benzene rings is 1. The Labute approximate surface area is 149 Å². The Balaban J connectivity index is 1.94. The number of rotatable bonds is 6. The number of carboxylic acids is 1. The van der Waals surface area contributed by atoms with Crippen LogP contribution >= 0.6 is 0 Å². The van der Waals surface area contributed by atoms with Gasteiger partial charge in [0.15, 0.2) is 0 Å². The number of carboxylic acid groups (broad SMARTS) is 1. The Morgan fingerprint density at radius 3 is 2.40 bits per heavy atom. The van der Waals surface area contributed by atoms with Crippen molar-refractivity contribution in [3.8, 4) is 5.75 Å². The molecule has 3 atom stereocenters. The Morgan fingerprint density at radius 2 is 1.80 bits per heavy atom. The summed E-state index contributed by atoms with van der Waals surface area (Å²) in [5.74, 6) is -0.474. The molecule has 1 aromatic carbocycles. The number of ether oxygens (including phenoxy) is 1. The van der Waals surface area contributed by atoms with Crippen molar-refractivity contribution in [2.45, 2.75) is 63.8 Å². The highest BCUT2D eigenvalue weighted by Gasteiger charge is 2.30. The minimum absolute atomic E-state index is 0.0693. The maximum atomic E-state index is 12.5. The van der Waals surface area contributed by atoms with Gasteiger partial charge < -0.3 is 15.2 Å². The van der Waals surface area contributed by atoms with Crippen LogP contribution in [0.1, 0.15) is 63.4 Å². The van der Waals surface area contributed by atoms with Crippen LogP contribution in [0.15, 0.2) is 24.3 Å². The van der Waals surface area contributed by atoms with Gasteiger partial charge in [0.1, 0.15) is 5.75 Å². The van der Waals surface area contributed by atoms with Crippen LogP contribution in [0.2, 0.25) is 0 Å². The molecule has 2 rings (SSSR count). The van der Waals surface area contributed by atoms with Crippen LogP contribution in [0.3, 0.4) is 0 Å². The summed E-state index contributed by atoms with van der Waals surface area (Å²) >= 11 is 0. The molecule has 1 amide bonds. The monoisotopic (exact) mass is 347 g/mol. The summed E-state index contributed by atoms with van der Waals surface area (Å²) in [7, 11) is 1.62. The van der Waals surface area contributed by atoms with Crippen LogP contribution < -0.4 is 10.1 Å². The average Bonchev–Trinajstić information content (AvgIpc) is 2.57. The highest BCUT2D eigenvalue weighted by Crippen LogP contribution is 2.25. The van der Waals surface area contributed by atoms with Gasteiger partial charge in [0.05, 0.1) is 13.0 Å². The molecule has 0 heterocycles. The zero-order chi connectivity index (χ0) is 18.2. The fraction of sp³-hybridized carbons (Fsp3) is 0.600. The molecular weight excluding hydrogens is 318 g/mol. The lowest BCUT2D eigenvalue weighted by molar-refractivity contribution is -0.143.